The lowest BCUT2D eigenvalue weighted by Gasteiger charge is -2.32. The third-order valence-electron chi connectivity index (χ3n) is 3.55. The van der Waals surface area contributed by atoms with Crippen LogP contribution in [0.25, 0.3) is 0 Å². The number of halogens is 1. The summed E-state index contributed by atoms with van der Waals surface area (Å²) in [4.78, 5) is 0. The lowest BCUT2D eigenvalue weighted by molar-refractivity contribution is 0.0606. The number of methoxy groups -OCH3 is 1. The monoisotopic (exact) mass is 237 g/mol. The molecule has 0 radical (unpaired) electrons. The van der Waals surface area contributed by atoms with Crippen molar-refractivity contribution in [3.05, 3.63) is 29.6 Å². The van der Waals surface area contributed by atoms with Crippen LogP contribution >= 0.6 is 0 Å². The van der Waals surface area contributed by atoms with E-state index in [2.05, 4.69) is 5.32 Å². The number of benzene rings is 1. The van der Waals surface area contributed by atoms with E-state index >= 15 is 0 Å². The standard InChI is InChI=1S/C14H20FNO/c1-10-7-8-11(15)9-13(10)16-12-5-3-4-6-14(12)17-2/h7-9,12,14,16H,3-6H2,1-2H3. The minimum absolute atomic E-state index is 0.192. The number of nitrogens with one attached hydrogen (secondary N) is 1. The van der Waals surface area contributed by atoms with E-state index in [0.717, 1.165) is 24.1 Å². The maximum atomic E-state index is 13.2. The van der Waals surface area contributed by atoms with Gasteiger partial charge in [-0.3, -0.25) is 0 Å². The predicted molar refractivity (Wildman–Crippen MR) is 67.8 cm³/mol. The maximum Gasteiger partial charge on any atom is 0.125 e. The van der Waals surface area contributed by atoms with E-state index in [1.807, 2.05) is 13.0 Å². The van der Waals surface area contributed by atoms with E-state index in [1.165, 1.54) is 18.9 Å². The summed E-state index contributed by atoms with van der Waals surface area (Å²) in [6.07, 6.45) is 4.85. The van der Waals surface area contributed by atoms with Crippen molar-refractivity contribution in [1.82, 2.24) is 0 Å². The van der Waals surface area contributed by atoms with Gasteiger partial charge < -0.3 is 10.1 Å². The first-order valence-corrected chi connectivity index (χ1v) is 6.26. The predicted octanol–water partition coefficient (Wildman–Crippen LogP) is 3.50. The summed E-state index contributed by atoms with van der Waals surface area (Å²) >= 11 is 0. The van der Waals surface area contributed by atoms with Crippen LogP contribution in [0.1, 0.15) is 31.2 Å². The van der Waals surface area contributed by atoms with Crippen molar-refractivity contribution in [3.8, 4) is 0 Å². The Morgan fingerprint density at radius 2 is 2.06 bits per heavy atom. The van der Waals surface area contributed by atoms with Crippen molar-refractivity contribution in [2.24, 2.45) is 0 Å². The zero-order chi connectivity index (χ0) is 12.3. The van der Waals surface area contributed by atoms with Gasteiger partial charge in [0.2, 0.25) is 0 Å². The Kier molecular flexibility index (Phi) is 4.00. The summed E-state index contributed by atoms with van der Waals surface area (Å²) in [5.41, 5.74) is 1.96. The second-order valence-electron chi connectivity index (χ2n) is 4.77. The molecule has 3 heteroatoms. The fourth-order valence-electron chi connectivity index (χ4n) is 2.49. The van der Waals surface area contributed by atoms with Crippen LogP contribution in [0.4, 0.5) is 10.1 Å². The summed E-state index contributed by atoms with van der Waals surface area (Å²) in [6.45, 7) is 1.99. The fourth-order valence-corrected chi connectivity index (χ4v) is 2.49. The first-order valence-electron chi connectivity index (χ1n) is 6.26. The molecule has 1 aromatic rings. The number of aryl methyl sites for hydroxylation is 1. The minimum atomic E-state index is -0.192. The molecule has 2 atom stereocenters. The first-order chi connectivity index (χ1) is 8.20. The van der Waals surface area contributed by atoms with Crippen LogP contribution in [-0.4, -0.2) is 19.3 Å². The molecule has 1 aliphatic carbocycles. The molecule has 0 heterocycles. The number of rotatable bonds is 3. The minimum Gasteiger partial charge on any atom is -0.379 e. The van der Waals surface area contributed by atoms with Gasteiger partial charge in [-0.1, -0.05) is 18.9 Å². The Balaban J connectivity index is 2.10. The summed E-state index contributed by atoms with van der Waals surface area (Å²) < 4.78 is 18.7. The van der Waals surface area contributed by atoms with Gasteiger partial charge in [0.25, 0.3) is 0 Å². The average molecular weight is 237 g/mol. The van der Waals surface area contributed by atoms with Crippen molar-refractivity contribution in [3.63, 3.8) is 0 Å². The topological polar surface area (TPSA) is 21.3 Å². The summed E-state index contributed by atoms with van der Waals surface area (Å²) in [5, 5.41) is 3.43. The van der Waals surface area contributed by atoms with E-state index in [9.17, 15) is 4.39 Å². The number of ether oxygens (including phenoxy) is 1. The second-order valence-corrected chi connectivity index (χ2v) is 4.77. The molecule has 94 valence electrons. The van der Waals surface area contributed by atoms with Crippen LogP contribution < -0.4 is 5.32 Å². The van der Waals surface area contributed by atoms with Crippen molar-refractivity contribution < 1.29 is 9.13 Å². The van der Waals surface area contributed by atoms with Crippen LogP contribution in [0, 0.1) is 12.7 Å². The van der Waals surface area contributed by atoms with E-state index in [4.69, 9.17) is 4.74 Å². The zero-order valence-corrected chi connectivity index (χ0v) is 10.5. The zero-order valence-electron chi connectivity index (χ0n) is 10.5. The van der Waals surface area contributed by atoms with Crippen molar-refractivity contribution in [1.29, 1.82) is 0 Å². The van der Waals surface area contributed by atoms with Gasteiger partial charge >= 0.3 is 0 Å². The Morgan fingerprint density at radius 3 is 2.82 bits per heavy atom. The van der Waals surface area contributed by atoms with Crippen LogP contribution in [-0.2, 0) is 4.74 Å². The Morgan fingerprint density at radius 1 is 1.29 bits per heavy atom. The summed E-state index contributed by atoms with van der Waals surface area (Å²) in [5.74, 6) is -0.192. The summed E-state index contributed by atoms with van der Waals surface area (Å²) in [6, 6.07) is 5.17. The molecule has 1 aliphatic rings. The Labute approximate surface area is 102 Å². The molecule has 1 aromatic carbocycles. The highest BCUT2D eigenvalue weighted by atomic mass is 19.1. The molecule has 2 rings (SSSR count). The Hall–Kier alpha value is -1.09. The smallest absolute Gasteiger partial charge is 0.125 e. The van der Waals surface area contributed by atoms with E-state index < -0.39 is 0 Å². The molecule has 2 nitrogen and oxygen atoms in total. The van der Waals surface area contributed by atoms with Crippen molar-refractivity contribution in [2.75, 3.05) is 12.4 Å². The molecule has 0 bridgehead atoms. The molecule has 1 N–H and O–H groups in total. The lowest BCUT2D eigenvalue weighted by Crippen LogP contribution is -2.37. The third-order valence-corrected chi connectivity index (χ3v) is 3.55. The van der Waals surface area contributed by atoms with Gasteiger partial charge in [-0.15, -0.1) is 0 Å². The molecular formula is C14H20FNO. The van der Waals surface area contributed by atoms with Crippen LogP contribution in [0.5, 0.6) is 0 Å². The first kappa shape index (κ1) is 12.4. The largest absolute Gasteiger partial charge is 0.379 e. The molecule has 0 aromatic heterocycles. The van der Waals surface area contributed by atoms with Gasteiger partial charge in [0.1, 0.15) is 5.82 Å². The van der Waals surface area contributed by atoms with Crippen LogP contribution in [0.3, 0.4) is 0 Å². The van der Waals surface area contributed by atoms with Gasteiger partial charge in [-0.05, 0) is 37.5 Å². The van der Waals surface area contributed by atoms with E-state index in [0.29, 0.717) is 6.04 Å². The molecule has 0 saturated heterocycles. The second kappa shape index (κ2) is 5.50. The van der Waals surface area contributed by atoms with Crippen molar-refractivity contribution >= 4 is 5.69 Å². The van der Waals surface area contributed by atoms with E-state index in [-0.39, 0.29) is 11.9 Å². The number of hydrogen-bond acceptors (Lipinski definition) is 2. The molecule has 1 fully saturated rings. The third kappa shape index (κ3) is 2.97. The Bertz CT molecular complexity index is 380. The van der Waals surface area contributed by atoms with Gasteiger partial charge in [0.15, 0.2) is 0 Å². The highest BCUT2D eigenvalue weighted by Crippen LogP contribution is 2.26. The van der Waals surface area contributed by atoms with E-state index in [1.54, 1.807) is 13.2 Å². The highest BCUT2D eigenvalue weighted by Gasteiger charge is 2.24. The molecule has 0 aliphatic heterocycles. The van der Waals surface area contributed by atoms with Gasteiger partial charge in [0.05, 0.1) is 12.1 Å². The van der Waals surface area contributed by atoms with Crippen molar-refractivity contribution in [2.45, 2.75) is 44.8 Å². The van der Waals surface area contributed by atoms with Gasteiger partial charge in [-0.25, -0.2) is 4.39 Å². The molecule has 2 unspecified atom stereocenters. The molecule has 17 heavy (non-hydrogen) atoms. The summed E-state index contributed by atoms with van der Waals surface area (Å²) in [7, 11) is 1.75. The quantitative estimate of drug-likeness (QED) is 0.868. The maximum absolute atomic E-state index is 13.2. The highest BCUT2D eigenvalue weighted by molar-refractivity contribution is 5.51. The molecular weight excluding hydrogens is 217 g/mol. The fraction of sp³-hybridized carbons (Fsp3) is 0.571. The van der Waals surface area contributed by atoms with Gasteiger partial charge in [0, 0.05) is 12.8 Å². The SMILES string of the molecule is COC1CCCCC1Nc1cc(F)ccc1C. The lowest BCUT2D eigenvalue weighted by atomic mass is 9.92. The molecule has 0 spiro atoms. The molecule has 0 amide bonds. The number of hydrogen-bond donors (Lipinski definition) is 1. The normalized spacial score (nSPS) is 24.6. The van der Waals surface area contributed by atoms with Crippen LogP contribution in [0.15, 0.2) is 18.2 Å². The number of anilines is 1. The molecule has 1 saturated carbocycles. The average Bonchev–Trinajstić information content (AvgIpc) is 2.34. The van der Waals surface area contributed by atoms with Crippen LogP contribution in [0.2, 0.25) is 0 Å². The van der Waals surface area contributed by atoms with Gasteiger partial charge in [-0.2, -0.15) is 0 Å².